The molecule has 108 valence electrons. The van der Waals surface area contributed by atoms with E-state index in [1.165, 1.54) is 11.3 Å². The molecule has 0 aromatic carbocycles. The van der Waals surface area contributed by atoms with Crippen LogP contribution in [-0.2, 0) is 6.42 Å². The molecule has 1 amide bonds. The monoisotopic (exact) mass is 284 g/mol. The van der Waals surface area contributed by atoms with Crippen LogP contribution in [0, 0.1) is 0 Å². The van der Waals surface area contributed by atoms with Gasteiger partial charge in [0.15, 0.2) is 0 Å². The predicted octanol–water partition coefficient (Wildman–Crippen LogP) is 1.75. The number of amides is 1. The zero-order chi connectivity index (χ0) is 14.4. The van der Waals surface area contributed by atoms with Gasteiger partial charge < -0.3 is 4.90 Å². The second kappa shape index (κ2) is 7.57. The molecule has 0 aliphatic rings. The molecule has 3 N–H and O–H groups in total. The third-order valence-corrected chi connectivity index (χ3v) is 4.25. The van der Waals surface area contributed by atoms with E-state index in [1.807, 2.05) is 13.8 Å². The predicted molar refractivity (Wildman–Crippen MR) is 79.3 cm³/mol. The van der Waals surface area contributed by atoms with Crippen LogP contribution in [0.4, 0.5) is 0 Å². The highest BCUT2D eigenvalue weighted by atomic mass is 32.1. The van der Waals surface area contributed by atoms with E-state index in [2.05, 4.69) is 29.2 Å². The number of likely N-dealkylation sites (N-methyl/N-ethyl adjacent to an activating group) is 1. The number of hydrogen-bond donors (Lipinski definition) is 2. The topological polar surface area (TPSA) is 71.2 Å². The van der Waals surface area contributed by atoms with Crippen LogP contribution < -0.4 is 11.3 Å². The zero-order valence-electron chi connectivity index (χ0n) is 12.2. The average Bonchev–Trinajstić information content (AvgIpc) is 2.83. The number of nitrogens with two attached hydrogens (primary N) is 1. The van der Waals surface area contributed by atoms with Crippen molar-refractivity contribution in [2.75, 3.05) is 19.6 Å². The third-order valence-electron chi connectivity index (χ3n) is 3.12. The van der Waals surface area contributed by atoms with Crippen molar-refractivity contribution in [1.29, 1.82) is 0 Å². The van der Waals surface area contributed by atoms with Gasteiger partial charge in [-0.2, -0.15) is 0 Å². The number of carbonyl (C=O) groups excluding carboxylic acids is 1. The molecule has 6 heteroatoms. The molecule has 1 rings (SSSR count). The van der Waals surface area contributed by atoms with Crippen LogP contribution in [0.25, 0.3) is 0 Å². The molecule has 0 bridgehead atoms. The minimum atomic E-state index is -0.240. The standard InChI is InChI=1S/C13H24N4OS/c1-5-17(6-2)8-7-10-15-11(9(3)4)12(19-10)13(18)16-14/h9H,5-8,14H2,1-4H3,(H,16,18). The molecular weight excluding hydrogens is 260 g/mol. The molecule has 5 nitrogen and oxygen atoms in total. The number of hydrazine groups is 1. The first-order chi connectivity index (χ1) is 9.03. The molecule has 0 spiro atoms. The molecule has 0 aliphatic carbocycles. The number of hydrogen-bond acceptors (Lipinski definition) is 5. The lowest BCUT2D eigenvalue weighted by atomic mass is 10.1. The molecule has 0 radical (unpaired) electrons. The summed E-state index contributed by atoms with van der Waals surface area (Å²) >= 11 is 1.45. The quantitative estimate of drug-likeness (QED) is 0.454. The lowest BCUT2D eigenvalue weighted by Gasteiger charge is -2.16. The zero-order valence-corrected chi connectivity index (χ0v) is 13.0. The van der Waals surface area contributed by atoms with Crippen molar-refractivity contribution in [2.24, 2.45) is 5.84 Å². The van der Waals surface area contributed by atoms with Crippen LogP contribution in [0.2, 0.25) is 0 Å². The molecule has 1 heterocycles. The van der Waals surface area contributed by atoms with Crippen LogP contribution in [0.5, 0.6) is 0 Å². The Hall–Kier alpha value is -0.980. The Balaban J connectivity index is 2.83. The summed E-state index contributed by atoms with van der Waals surface area (Å²) in [6, 6.07) is 0. The summed E-state index contributed by atoms with van der Waals surface area (Å²) in [5.41, 5.74) is 3.05. The van der Waals surface area contributed by atoms with E-state index in [1.54, 1.807) is 0 Å². The fourth-order valence-corrected chi connectivity index (χ4v) is 3.01. The van der Waals surface area contributed by atoms with Gasteiger partial charge in [-0.1, -0.05) is 27.7 Å². The Labute approximate surface area is 119 Å². The summed E-state index contributed by atoms with van der Waals surface area (Å²) in [5, 5.41) is 1.01. The summed E-state index contributed by atoms with van der Waals surface area (Å²) < 4.78 is 0. The maximum absolute atomic E-state index is 11.7. The second-order valence-electron chi connectivity index (χ2n) is 4.73. The summed E-state index contributed by atoms with van der Waals surface area (Å²) in [7, 11) is 0. The van der Waals surface area contributed by atoms with Crippen molar-refractivity contribution in [1.82, 2.24) is 15.3 Å². The number of aromatic nitrogens is 1. The largest absolute Gasteiger partial charge is 0.303 e. The first kappa shape index (κ1) is 16.1. The molecule has 0 unspecified atom stereocenters. The van der Waals surface area contributed by atoms with Crippen LogP contribution in [0.15, 0.2) is 0 Å². The lowest BCUT2D eigenvalue weighted by Crippen LogP contribution is -2.30. The summed E-state index contributed by atoms with van der Waals surface area (Å²) in [6.45, 7) is 11.4. The third kappa shape index (κ3) is 4.26. The molecule has 0 fully saturated rings. The molecule has 0 saturated heterocycles. The molecule has 0 atom stereocenters. The van der Waals surface area contributed by atoms with Gasteiger partial charge in [0.25, 0.3) is 5.91 Å². The molecule has 1 aromatic rings. The van der Waals surface area contributed by atoms with E-state index in [4.69, 9.17) is 5.84 Å². The van der Waals surface area contributed by atoms with Crippen molar-refractivity contribution in [3.63, 3.8) is 0 Å². The molecule has 0 saturated carbocycles. The maximum atomic E-state index is 11.7. The van der Waals surface area contributed by atoms with Gasteiger partial charge in [-0.3, -0.25) is 10.2 Å². The Bertz CT molecular complexity index is 413. The van der Waals surface area contributed by atoms with E-state index >= 15 is 0 Å². The van der Waals surface area contributed by atoms with E-state index < -0.39 is 0 Å². The number of nitrogens with zero attached hydrogens (tertiary/aromatic N) is 2. The van der Waals surface area contributed by atoms with Crippen LogP contribution in [-0.4, -0.2) is 35.4 Å². The Morgan fingerprint density at radius 2 is 2.05 bits per heavy atom. The van der Waals surface area contributed by atoms with Gasteiger partial charge in [-0.15, -0.1) is 11.3 Å². The van der Waals surface area contributed by atoms with Crippen molar-refractivity contribution in [3.05, 3.63) is 15.6 Å². The highest BCUT2D eigenvalue weighted by Crippen LogP contribution is 2.25. The van der Waals surface area contributed by atoms with Gasteiger partial charge in [0.2, 0.25) is 0 Å². The smallest absolute Gasteiger partial charge is 0.277 e. The first-order valence-electron chi connectivity index (χ1n) is 6.76. The molecule has 0 aliphatic heterocycles. The minimum absolute atomic E-state index is 0.228. The van der Waals surface area contributed by atoms with Gasteiger partial charge in [0.1, 0.15) is 4.88 Å². The van der Waals surface area contributed by atoms with Crippen molar-refractivity contribution in [2.45, 2.75) is 40.0 Å². The molecular formula is C13H24N4OS. The average molecular weight is 284 g/mol. The van der Waals surface area contributed by atoms with Crippen LogP contribution in [0.1, 0.15) is 54.0 Å². The molecule has 1 aromatic heterocycles. The minimum Gasteiger partial charge on any atom is -0.303 e. The summed E-state index contributed by atoms with van der Waals surface area (Å²) in [6.07, 6.45) is 0.879. The van der Waals surface area contributed by atoms with Crippen LogP contribution in [0.3, 0.4) is 0 Å². The summed E-state index contributed by atoms with van der Waals surface area (Å²) in [5.74, 6) is 5.21. The van der Waals surface area contributed by atoms with Gasteiger partial charge in [0.05, 0.1) is 10.7 Å². The Kier molecular flexibility index (Phi) is 6.41. The van der Waals surface area contributed by atoms with Gasteiger partial charge in [0, 0.05) is 13.0 Å². The lowest BCUT2D eigenvalue weighted by molar-refractivity contribution is 0.0956. The fourth-order valence-electron chi connectivity index (χ4n) is 1.90. The highest BCUT2D eigenvalue weighted by molar-refractivity contribution is 7.13. The number of nitrogens with one attached hydrogen (secondary N) is 1. The van der Waals surface area contributed by atoms with E-state index in [-0.39, 0.29) is 11.8 Å². The Morgan fingerprint density at radius 1 is 1.42 bits per heavy atom. The number of thiazole rings is 1. The van der Waals surface area contributed by atoms with Gasteiger partial charge in [-0.05, 0) is 19.0 Å². The number of rotatable bonds is 7. The van der Waals surface area contributed by atoms with Gasteiger partial charge in [-0.25, -0.2) is 10.8 Å². The van der Waals surface area contributed by atoms with Crippen LogP contribution >= 0.6 is 11.3 Å². The summed E-state index contributed by atoms with van der Waals surface area (Å²) in [4.78, 5) is 19.3. The highest BCUT2D eigenvalue weighted by Gasteiger charge is 2.19. The Morgan fingerprint density at radius 3 is 2.53 bits per heavy atom. The van der Waals surface area contributed by atoms with E-state index in [0.717, 1.165) is 36.8 Å². The SMILES string of the molecule is CCN(CC)CCc1nc(C(C)C)c(C(=O)NN)s1. The first-order valence-corrected chi connectivity index (χ1v) is 7.57. The van der Waals surface area contributed by atoms with E-state index in [0.29, 0.717) is 4.88 Å². The van der Waals surface area contributed by atoms with Crippen molar-refractivity contribution in [3.8, 4) is 0 Å². The second-order valence-corrected chi connectivity index (χ2v) is 5.81. The van der Waals surface area contributed by atoms with Crippen molar-refractivity contribution < 1.29 is 4.79 Å². The molecule has 19 heavy (non-hydrogen) atoms. The fraction of sp³-hybridized carbons (Fsp3) is 0.692. The van der Waals surface area contributed by atoms with Crippen molar-refractivity contribution >= 4 is 17.2 Å². The van der Waals surface area contributed by atoms with E-state index in [9.17, 15) is 4.79 Å². The number of nitrogen functional groups attached to an aromatic ring is 1. The number of carbonyl (C=O) groups is 1. The van der Waals surface area contributed by atoms with Gasteiger partial charge >= 0.3 is 0 Å². The maximum Gasteiger partial charge on any atom is 0.277 e. The normalized spacial score (nSPS) is 11.3.